The average Bonchev–Trinajstić information content (AvgIpc) is 3.74. The predicted octanol–water partition coefficient (Wildman–Crippen LogP) is 3.83. The molecule has 232 valence electrons. The number of nitriles is 1. The van der Waals surface area contributed by atoms with E-state index < -0.39 is 0 Å². The number of ether oxygens (including phenoxy) is 1. The smallest absolute Gasteiger partial charge is 0.141 e. The summed E-state index contributed by atoms with van der Waals surface area (Å²) in [5, 5.41) is 18.9. The third kappa shape index (κ3) is 5.29. The van der Waals surface area contributed by atoms with Crippen molar-refractivity contribution in [2.75, 3.05) is 31.2 Å². The molecule has 13 heteroatoms. The first-order valence-corrected chi connectivity index (χ1v) is 15.5. The van der Waals surface area contributed by atoms with Crippen molar-refractivity contribution in [2.24, 2.45) is 0 Å². The van der Waals surface area contributed by atoms with Crippen LogP contribution in [0.25, 0.3) is 28.0 Å². The fraction of sp³-hybridized carbons (Fsp3) is 0.364. The van der Waals surface area contributed by atoms with Crippen molar-refractivity contribution >= 4 is 17.1 Å². The number of nitrogens with zero attached hydrogens (tertiary/aromatic N) is 10. The molecule has 2 aliphatic heterocycles. The van der Waals surface area contributed by atoms with Gasteiger partial charge in [0.25, 0.3) is 0 Å². The Kier molecular flexibility index (Phi) is 7.23. The molecule has 7 heterocycles. The van der Waals surface area contributed by atoms with Crippen molar-refractivity contribution < 1.29 is 13.9 Å². The van der Waals surface area contributed by atoms with Gasteiger partial charge in [-0.1, -0.05) is 0 Å². The molecule has 0 amide bonds. The van der Waals surface area contributed by atoms with Gasteiger partial charge in [0, 0.05) is 56.0 Å². The molecule has 46 heavy (non-hydrogen) atoms. The summed E-state index contributed by atoms with van der Waals surface area (Å²) in [5.74, 6) is 0.830. The maximum absolute atomic E-state index is 13.4. The van der Waals surface area contributed by atoms with Gasteiger partial charge in [-0.3, -0.25) is 19.4 Å². The van der Waals surface area contributed by atoms with Crippen LogP contribution in [0, 0.1) is 17.1 Å². The lowest BCUT2D eigenvalue weighted by molar-refractivity contribution is -0.120. The van der Waals surface area contributed by atoms with E-state index in [-0.39, 0.29) is 23.9 Å². The number of aromatic nitrogens is 7. The minimum atomic E-state index is -0.336. The van der Waals surface area contributed by atoms with Crippen LogP contribution >= 0.6 is 0 Å². The standard InChI is InChI=1S/C33H31FN10O2/c34-24-2-3-25(36-13-24)15-42-27-16-41(17-28(42)20-46-19-27)31-8-1-21(10-37-31)32-33-22(9-35)11-39-44(33)18-30(40-32)23-12-38-43(14-23)26-4-6-29(45)7-5-26/h1-3,8,10-14,18,26-28H,4-7,15-17,19-20H2/t27-,28+. The highest BCUT2D eigenvalue weighted by atomic mass is 19.1. The molecule has 1 saturated carbocycles. The van der Waals surface area contributed by atoms with Crippen LogP contribution in [0.15, 0.2) is 61.4 Å². The third-order valence-corrected chi connectivity index (χ3v) is 9.30. The summed E-state index contributed by atoms with van der Waals surface area (Å²) in [6.07, 6.45) is 12.9. The van der Waals surface area contributed by atoms with E-state index in [2.05, 4.69) is 31.1 Å². The van der Waals surface area contributed by atoms with Gasteiger partial charge in [-0.05, 0) is 37.1 Å². The van der Waals surface area contributed by atoms with E-state index in [9.17, 15) is 14.4 Å². The molecule has 5 aromatic rings. The van der Waals surface area contributed by atoms with Crippen LogP contribution in [0.3, 0.4) is 0 Å². The van der Waals surface area contributed by atoms with Crippen molar-refractivity contribution in [3.05, 3.63) is 78.5 Å². The van der Waals surface area contributed by atoms with E-state index in [1.54, 1.807) is 29.2 Å². The zero-order valence-corrected chi connectivity index (χ0v) is 25.0. The summed E-state index contributed by atoms with van der Waals surface area (Å²) in [6, 6.07) is 9.92. The van der Waals surface area contributed by atoms with E-state index in [1.807, 2.05) is 29.2 Å². The first-order valence-electron chi connectivity index (χ1n) is 15.5. The summed E-state index contributed by atoms with van der Waals surface area (Å²) >= 11 is 0. The molecule has 3 aliphatic rings. The van der Waals surface area contributed by atoms with Gasteiger partial charge < -0.3 is 9.64 Å². The zero-order valence-electron chi connectivity index (χ0n) is 25.0. The quantitative estimate of drug-likeness (QED) is 0.277. The number of carbonyl (C=O) groups excluding carboxylic acids is 1. The summed E-state index contributed by atoms with van der Waals surface area (Å²) in [6.45, 7) is 3.33. The second-order valence-electron chi connectivity index (χ2n) is 12.2. The Balaban J connectivity index is 1.06. The Morgan fingerprint density at radius 1 is 0.913 bits per heavy atom. The summed E-state index contributed by atoms with van der Waals surface area (Å²) in [5.41, 5.74) is 4.79. The Hall–Kier alpha value is -5.06. The second-order valence-corrected chi connectivity index (χ2v) is 12.2. The summed E-state index contributed by atoms with van der Waals surface area (Å²) in [4.78, 5) is 30.6. The number of pyridine rings is 2. The molecule has 2 saturated heterocycles. The minimum Gasteiger partial charge on any atom is -0.378 e. The molecule has 1 aliphatic carbocycles. The number of fused-ring (bicyclic) bond motifs is 3. The number of anilines is 1. The molecule has 2 atom stereocenters. The van der Waals surface area contributed by atoms with Crippen molar-refractivity contribution in [1.29, 1.82) is 5.26 Å². The van der Waals surface area contributed by atoms with Crippen LogP contribution in [0.2, 0.25) is 0 Å². The highest BCUT2D eigenvalue weighted by Gasteiger charge is 2.38. The Labute approximate surface area is 264 Å². The van der Waals surface area contributed by atoms with E-state index in [0.29, 0.717) is 60.9 Å². The molecular weight excluding hydrogens is 587 g/mol. The molecular formula is C33H31FN10O2. The van der Waals surface area contributed by atoms with E-state index >= 15 is 0 Å². The van der Waals surface area contributed by atoms with Gasteiger partial charge in [0.05, 0.1) is 73.2 Å². The van der Waals surface area contributed by atoms with Gasteiger partial charge in [0.2, 0.25) is 0 Å². The molecule has 0 aromatic carbocycles. The van der Waals surface area contributed by atoms with Gasteiger partial charge in [-0.25, -0.2) is 18.9 Å². The predicted molar refractivity (Wildman–Crippen MR) is 165 cm³/mol. The Morgan fingerprint density at radius 3 is 2.46 bits per heavy atom. The molecule has 5 aromatic heterocycles. The maximum Gasteiger partial charge on any atom is 0.141 e. The topological polar surface area (TPSA) is 130 Å². The zero-order chi connectivity index (χ0) is 31.2. The summed E-state index contributed by atoms with van der Waals surface area (Å²) in [7, 11) is 0. The van der Waals surface area contributed by atoms with Crippen LogP contribution in [0.4, 0.5) is 10.2 Å². The van der Waals surface area contributed by atoms with Crippen molar-refractivity contribution in [2.45, 2.75) is 50.4 Å². The van der Waals surface area contributed by atoms with Crippen LogP contribution in [0.1, 0.15) is 43.0 Å². The molecule has 8 rings (SSSR count). The number of Topliss-reactive ketones (excluding diaryl/α,β-unsaturated/α-hetero) is 1. The SMILES string of the molecule is N#Cc1cnn2cc(-c3cnn(C4CCC(=O)CC4)c3)nc(-c3ccc(N4C[C@H]5COC[C@@H](C4)N5Cc4ccc(F)cn4)nc3)c12. The number of halogens is 1. The number of carbonyl (C=O) groups is 1. The highest BCUT2D eigenvalue weighted by molar-refractivity contribution is 5.83. The lowest BCUT2D eigenvalue weighted by atomic mass is 9.94. The molecule has 12 nitrogen and oxygen atoms in total. The fourth-order valence-electron chi connectivity index (χ4n) is 6.87. The number of hydrogen-bond acceptors (Lipinski definition) is 10. The van der Waals surface area contributed by atoms with Gasteiger partial charge in [-0.15, -0.1) is 0 Å². The molecule has 3 fully saturated rings. The normalized spacial score (nSPS) is 20.7. The maximum atomic E-state index is 13.4. The molecule has 2 bridgehead atoms. The first kappa shape index (κ1) is 28.4. The second kappa shape index (κ2) is 11.7. The van der Waals surface area contributed by atoms with E-state index in [4.69, 9.17) is 14.7 Å². The number of hydrogen-bond donors (Lipinski definition) is 0. The van der Waals surface area contributed by atoms with Gasteiger partial charge in [-0.2, -0.15) is 15.5 Å². The Bertz CT molecular complexity index is 1920. The van der Waals surface area contributed by atoms with Crippen molar-refractivity contribution in [3.8, 4) is 28.6 Å². The molecule has 0 spiro atoms. The van der Waals surface area contributed by atoms with Gasteiger partial charge >= 0.3 is 0 Å². The molecule has 0 radical (unpaired) electrons. The number of ketones is 1. The fourth-order valence-corrected chi connectivity index (χ4v) is 6.87. The van der Waals surface area contributed by atoms with E-state index in [0.717, 1.165) is 48.6 Å². The van der Waals surface area contributed by atoms with Crippen LogP contribution in [-0.2, 0) is 16.1 Å². The number of piperazine rings is 1. The number of morpholine rings is 1. The highest BCUT2D eigenvalue weighted by Crippen LogP contribution is 2.32. The lowest BCUT2D eigenvalue weighted by Gasteiger charge is -2.50. The average molecular weight is 619 g/mol. The Morgan fingerprint density at radius 2 is 1.74 bits per heavy atom. The lowest BCUT2D eigenvalue weighted by Crippen LogP contribution is -2.64. The first-order chi connectivity index (χ1) is 22.5. The minimum absolute atomic E-state index is 0.152. The third-order valence-electron chi connectivity index (χ3n) is 9.30. The van der Waals surface area contributed by atoms with Crippen LogP contribution in [0.5, 0.6) is 0 Å². The monoisotopic (exact) mass is 618 g/mol. The van der Waals surface area contributed by atoms with Gasteiger partial charge in [0.1, 0.15) is 34.6 Å². The van der Waals surface area contributed by atoms with Crippen molar-refractivity contribution in [1.82, 2.24) is 39.2 Å². The van der Waals surface area contributed by atoms with Crippen LogP contribution < -0.4 is 4.90 Å². The van der Waals surface area contributed by atoms with Crippen molar-refractivity contribution in [3.63, 3.8) is 0 Å². The largest absolute Gasteiger partial charge is 0.378 e. The van der Waals surface area contributed by atoms with Gasteiger partial charge in [0.15, 0.2) is 0 Å². The van der Waals surface area contributed by atoms with E-state index in [1.165, 1.54) is 12.3 Å². The summed E-state index contributed by atoms with van der Waals surface area (Å²) < 4.78 is 22.9. The number of rotatable bonds is 6. The molecule has 0 N–H and O–H groups in total. The molecule has 0 unspecified atom stereocenters. The van der Waals surface area contributed by atoms with Crippen LogP contribution in [-0.4, -0.2) is 83.4 Å².